The number of hydrogen-bond donors (Lipinski definition) is 3. The van der Waals surface area contributed by atoms with Crippen molar-refractivity contribution >= 4 is 17.8 Å². The molecule has 4 heteroatoms. The van der Waals surface area contributed by atoms with Gasteiger partial charge in [-0.15, -0.1) is 11.8 Å². The van der Waals surface area contributed by atoms with E-state index in [-0.39, 0.29) is 30.1 Å². The quantitative estimate of drug-likeness (QED) is 0.370. The smallest absolute Gasteiger partial charge is 0.0685 e. The van der Waals surface area contributed by atoms with Gasteiger partial charge in [0.1, 0.15) is 0 Å². The highest BCUT2D eigenvalue weighted by atomic mass is 32.2. The summed E-state index contributed by atoms with van der Waals surface area (Å²) in [5.41, 5.74) is 4.90. The molecule has 0 saturated carbocycles. The topological polar surface area (TPSA) is 60.7 Å². The minimum Gasteiger partial charge on any atom is -0.392 e. The predicted molar refractivity (Wildman–Crippen MR) is 137 cm³/mol. The molecule has 1 unspecified atom stereocenters. The molecule has 0 amide bonds. The van der Waals surface area contributed by atoms with Crippen molar-refractivity contribution in [2.75, 3.05) is 5.75 Å². The second-order valence-corrected chi connectivity index (χ2v) is 10.8. The molecule has 0 aliphatic heterocycles. The molecular formula is C28H40O3S. The van der Waals surface area contributed by atoms with Crippen LogP contribution in [0.5, 0.6) is 0 Å². The Morgan fingerprint density at radius 3 is 2.12 bits per heavy atom. The minimum absolute atomic E-state index is 0.0653. The summed E-state index contributed by atoms with van der Waals surface area (Å²) in [6.45, 7) is 12.7. The van der Waals surface area contributed by atoms with Crippen LogP contribution < -0.4 is 0 Å². The van der Waals surface area contributed by atoms with Crippen molar-refractivity contribution in [1.29, 1.82) is 0 Å². The third kappa shape index (κ3) is 6.48. The lowest BCUT2D eigenvalue weighted by atomic mass is 9.75. The average Bonchev–Trinajstić information content (AvgIpc) is 2.78. The van der Waals surface area contributed by atoms with Crippen LogP contribution in [0.3, 0.4) is 0 Å². The molecule has 0 fully saturated rings. The van der Waals surface area contributed by atoms with Crippen LogP contribution in [-0.4, -0.2) is 27.2 Å². The standard InChI is InChI=1S/C28H40O3S/c1-7-28(8-2,14-13-21-9-10-22(17-29)23(16-21)18-30)24-11-12-25(20(3)15-24)32-19-26(31)27(4,5)6/h9-16,26,29-31H,7-8,17-19H2,1-6H3. The first-order chi connectivity index (χ1) is 15.1. The van der Waals surface area contributed by atoms with Gasteiger partial charge in [0.15, 0.2) is 0 Å². The molecule has 0 radical (unpaired) electrons. The second-order valence-electron chi connectivity index (χ2n) is 9.71. The van der Waals surface area contributed by atoms with Crippen LogP contribution in [0.25, 0.3) is 6.08 Å². The predicted octanol–water partition coefficient (Wildman–Crippen LogP) is 6.25. The summed E-state index contributed by atoms with van der Waals surface area (Å²) in [5, 5.41) is 29.4. The molecule has 2 aromatic carbocycles. The third-order valence-electron chi connectivity index (χ3n) is 6.57. The Bertz CT molecular complexity index is 907. The molecule has 2 rings (SSSR count). The molecule has 0 aromatic heterocycles. The fraction of sp³-hybridized carbons (Fsp3) is 0.500. The lowest BCUT2D eigenvalue weighted by molar-refractivity contribution is 0.0843. The van der Waals surface area contributed by atoms with E-state index >= 15 is 0 Å². The number of allylic oxidation sites excluding steroid dienone is 1. The summed E-state index contributed by atoms with van der Waals surface area (Å²) in [6, 6.07) is 12.5. The van der Waals surface area contributed by atoms with Gasteiger partial charge >= 0.3 is 0 Å². The monoisotopic (exact) mass is 456 g/mol. The molecule has 3 nitrogen and oxygen atoms in total. The van der Waals surface area contributed by atoms with Gasteiger partial charge in [-0.3, -0.25) is 0 Å². The van der Waals surface area contributed by atoms with E-state index in [0.717, 1.165) is 29.5 Å². The average molecular weight is 457 g/mol. The van der Waals surface area contributed by atoms with Crippen LogP contribution >= 0.6 is 11.8 Å². The largest absolute Gasteiger partial charge is 0.392 e. The highest BCUT2D eigenvalue weighted by molar-refractivity contribution is 7.99. The van der Waals surface area contributed by atoms with Gasteiger partial charge in [0.05, 0.1) is 19.3 Å². The summed E-state index contributed by atoms with van der Waals surface area (Å²) >= 11 is 1.72. The van der Waals surface area contributed by atoms with E-state index < -0.39 is 0 Å². The fourth-order valence-corrected chi connectivity index (χ4v) is 5.12. The first-order valence-corrected chi connectivity index (χ1v) is 12.5. The van der Waals surface area contributed by atoms with E-state index in [2.05, 4.69) is 71.9 Å². The van der Waals surface area contributed by atoms with Crippen molar-refractivity contribution in [3.05, 3.63) is 70.3 Å². The number of aliphatic hydroxyl groups excluding tert-OH is 3. The molecular weight excluding hydrogens is 416 g/mol. The zero-order valence-corrected chi connectivity index (χ0v) is 21.3. The van der Waals surface area contributed by atoms with Crippen LogP contribution in [0.4, 0.5) is 0 Å². The van der Waals surface area contributed by atoms with Crippen LogP contribution in [-0.2, 0) is 18.6 Å². The summed E-state index contributed by atoms with van der Waals surface area (Å²) in [4.78, 5) is 1.22. The van der Waals surface area contributed by atoms with Crippen LogP contribution in [0.1, 0.15) is 75.3 Å². The molecule has 32 heavy (non-hydrogen) atoms. The van der Waals surface area contributed by atoms with Crippen molar-refractivity contribution in [2.24, 2.45) is 5.41 Å². The zero-order chi connectivity index (χ0) is 23.9. The lowest BCUT2D eigenvalue weighted by Crippen LogP contribution is -2.28. The lowest BCUT2D eigenvalue weighted by Gasteiger charge is -2.30. The van der Waals surface area contributed by atoms with Crippen LogP contribution in [0, 0.1) is 12.3 Å². The second kappa shape index (κ2) is 11.5. The van der Waals surface area contributed by atoms with Gasteiger partial charge in [-0.25, -0.2) is 0 Å². The fourth-order valence-electron chi connectivity index (χ4n) is 3.84. The first-order valence-electron chi connectivity index (χ1n) is 11.5. The van der Waals surface area contributed by atoms with Crippen LogP contribution in [0.2, 0.25) is 0 Å². The maximum absolute atomic E-state index is 10.4. The number of rotatable bonds is 10. The summed E-state index contributed by atoms with van der Waals surface area (Å²) < 4.78 is 0. The Kier molecular flexibility index (Phi) is 9.59. The van der Waals surface area contributed by atoms with Crippen molar-refractivity contribution in [3.63, 3.8) is 0 Å². The summed E-state index contributed by atoms with van der Waals surface area (Å²) in [5.74, 6) is 0.688. The Balaban J connectivity index is 2.29. The van der Waals surface area contributed by atoms with Gasteiger partial charge in [-0.05, 0) is 65.1 Å². The molecule has 0 saturated heterocycles. The van der Waals surface area contributed by atoms with Gasteiger partial charge < -0.3 is 15.3 Å². The summed E-state index contributed by atoms with van der Waals surface area (Å²) in [6.07, 6.45) is 6.03. The van der Waals surface area contributed by atoms with Crippen molar-refractivity contribution in [3.8, 4) is 0 Å². The van der Waals surface area contributed by atoms with Crippen molar-refractivity contribution in [2.45, 2.75) is 84.0 Å². The van der Waals surface area contributed by atoms with E-state index in [1.807, 2.05) is 18.2 Å². The van der Waals surface area contributed by atoms with Crippen molar-refractivity contribution in [1.82, 2.24) is 0 Å². The van der Waals surface area contributed by atoms with E-state index in [0.29, 0.717) is 5.75 Å². The van der Waals surface area contributed by atoms with E-state index in [9.17, 15) is 15.3 Å². The molecule has 0 spiro atoms. The van der Waals surface area contributed by atoms with E-state index in [1.54, 1.807) is 11.8 Å². The normalized spacial score (nSPS) is 13.7. The highest BCUT2D eigenvalue weighted by Crippen LogP contribution is 2.37. The van der Waals surface area contributed by atoms with Crippen molar-refractivity contribution < 1.29 is 15.3 Å². The SMILES string of the molecule is CCC(C=Cc1ccc(CO)c(CO)c1)(CC)c1ccc(SCC(O)C(C)(C)C)c(C)c1. The molecule has 0 aliphatic carbocycles. The molecule has 2 aromatic rings. The van der Waals surface area contributed by atoms with E-state index in [1.165, 1.54) is 16.0 Å². The number of aliphatic hydroxyl groups is 3. The maximum atomic E-state index is 10.4. The molecule has 3 N–H and O–H groups in total. The molecule has 176 valence electrons. The number of aryl methyl sites for hydroxylation is 1. The third-order valence-corrected chi connectivity index (χ3v) is 7.83. The Morgan fingerprint density at radius 2 is 1.59 bits per heavy atom. The van der Waals surface area contributed by atoms with E-state index in [4.69, 9.17) is 0 Å². The summed E-state index contributed by atoms with van der Waals surface area (Å²) in [7, 11) is 0. The number of thioether (sulfide) groups is 1. The van der Waals surface area contributed by atoms with Crippen LogP contribution in [0.15, 0.2) is 47.4 Å². The Morgan fingerprint density at radius 1 is 0.938 bits per heavy atom. The minimum atomic E-state index is -0.346. The Labute approximate surface area is 198 Å². The maximum Gasteiger partial charge on any atom is 0.0685 e. The molecule has 0 bridgehead atoms. The highest BCUT2D eigenvalue weighted by Gasteiger charge is 2.26. The zero-order valence-electron chi connectivity index (χ0n) is 20.5. The van der Waals surface area contributed by atoms with Gasteiger partial charge in [-0.2, -0.15) is 0 Å². The number of benzene rings is 2. The molecule has 0 heterocycles. The number of hydrogen-bond acceptors (Lipinski definition) is 4. The van der Waals surface area contributed by atoms with Gasteiger partial charge in [0.25, 0.3) is 0 Å². The van der Waals surface area contributed by atoms with Gasteiger partial charge in [0.2, 0.25) is 0 Å². The first kappa shape index (κ1) is 26.7. The molecule has 0 aliphatic rings. The van der Waals surface area contributed by atoms with Gasteiger partial charge in [0, 0.05) is 16.1 Å². The Hall–Kier alpha value is -1.59. The molecule has 1 atom stereocenters. The van der Waals surface area contributed by atoms with Gasteiger partial charge in [-0.1, -0.05) is 71.0 Å².